The minimum absolute atomic E-state index is 0.258. The molecule has 0 amide bonds. The number of nitrogens with zero attached hydrogens (tertiary/aromatic N) is 1. The maximum Gasteiger partial charge on any atom is 0.126 e. The second-order valence-corrected chi connectivity index (χ2v) is 3.97. The molecule has 2 aromatic carbocycles. The monoisotopic (exact) mass is 241 g/mol. The summed E-state index contributed by atoms with van der Waals surface area (Å²) < 4.78 is 18.6. The predicted molar refractivity (Wildman–Crippen MR) is 66.6 cm³/mol. The van der Waals surface area contributed by atoms with Crippen molar-refractivity contribution in [1.29, 1.82) is 5.26 Å². The van der Waals surface area contributed by atoms with Gasteiger partial charge in [-0.2, -0.15) is 5.26 Å². The molecule has 0 N–H and O–H groups in total. The Labute approximate surface area is 105 Å². The van der Waals surface area contributed by atoms with Gasteiger partial charge in [-0.15, -0.1) is 0 Å². The highest BCUT2D eigenvalue weighted by Crippen LogP contribution is 2.20. The topological polar surface area (TPSA) is 33.0 Å². The molecule has 3 heteroatoms. The van der Waals surface area contributed by atoms with Crippen molar-refractivity contribution in [3.63, 3.8) is 0 Å². The van der Waals surface area contributed by atoms with Gasteiger partial charge in [0.05, 0.1) is 11.6 Å². The fourth-order valence-electron chi connectivity index (χ4n) is 1.64. The lowest BCUT2D eigenvalue weighted by molar-refractivity contribution is 0.302. The summed E-state index contributed by atoms with van der Waals surface area (Å²) in [5.41, 5.74) is 2.24. The summed E-state index contributed by atoms with van der Waals surface area (Å²) in [7, 11) is 0. The molecule has 0 spiro atoms. The third-order valence-electron chi connectivity index (χ3n) is 2.67. The summed E-state index contributed by atoms with van der Waals surface area (Å²) in [6, 6.07) is 13.7. The molecule has 2 aromatic rings. The van der Waals surface area contributed by atoms with Crippen molar-refractivity contribution in [2.24, 2.45) is 0 Å². The first kappa shape index (κ1) is 12.1. The fourth-order valence-corrected chi connectivity index (χ4v) is 1.64. The summed E-state index contributed by atoms with van der Waals surface area (Å²) in [5.74, 6) is 0.173. The zero-order valence-electron chi connectivity index (χ0n) is 9.98. The second-order valence-electron chi connectivity index (χ2n) is 3.97. The Balaban J connectivity index is 2.17. The zero-order chi connectivity index (χ0) is 13.0. The van der Waals surface area contributed by atoms with Gasteiger partial charge in [0.1, 0.15) is 18.2 Å². The van der Waals surface area contributed by atoms with Gasteiger partial charge in [-0.3, -0.25) is 0 Å². The molecule has 0 heterocycles. The Morgan fingerprint density at radius 1 is 1.22 bits per heavy atom. The number of hydrogen-bond acceptors (Lipinski definition) is 2. The fraction of sp³-hybridized carbons (Fsp3) is 0.133. The molecule has 2 nitrogen and oxygen atoms in total. The Morgan fingerprint density at radius 3 is 2.78 bits per heavy atom. The van der Waals surface area contributed by atoms with E-state index in [-0.39, 0.29) is 12.4 Å². The number of nitriles is 1. The highest BCUT2D eigenvalue weighted by atomic mass is 19.1. The average molecular weight is 241 g/mol. The van der Waals surface area contributed by atoms with E-state index in [1.54, 1.807) is 18.2 Å². The molecular weight excluding hydrogens is 229 g/mol. The van der Waals surface area contributed by atoms with Crippen LogP contribution in [-0.4, -0.2) is 0 Å². The highest BCUT2D eigenvalue weighted by molar-refractivity contribution is 5.38. The first-order chi connectivity index (χ1) is 8.70. The van der Waals surface area contributed by atoms with Crippen molar-refractivity contribution in [3.05, 3.63) is 65.0 Å². The summed E-state index contributed by atoms with van der Waals surface area (Å²) in [6.45, 7) is 2.11. The Bertz CT molecular complexity index is 602. The number of aryl methyl sites for hydroxylation is 1. The lowest BCUT2D eigenvalue weighted by atomic mass is 10.1. The molecule has 0 unspecified atom stereocenters. The minimum atomic E-state index is -0.329. The molecule has 90 valence electrons. The van der Waals surface area contributed by atoms with Gasteiger partial charge in [0.25, 0.3) is 0 Å². The molecule has 0 bridgehead atoms. The Hall–Kier alpha value is -2.34. The standard InChI is InChI=1S/C15H12FNO/c1-11-6-7-14(16)8-15(11)18-10-13-5-3-2-4-12(13)9-17/h2-8H,10H2,1H3. The van der Waals surface area contributed by atoms with Gasteiger partial charge in [-0.1, -0.05) is 24.3 Å². The van der Waals surface area contributed by atoms with Crippen molar-refractivity contribution in [3.8, 4) is 11.8 Å². The SMILES string of the molecule is Cc1ccc(F)cc1OCc1ccccc1C#N. The molecular formula is C15H12FNO. The van der Waals surface area contributed by atoms with Gasteiger partial charge in [-0.05, 0) is 24.6 Å². The average Bonchev–Trinajstić information content (AvgIpc) is 2.40. The van der Waals surface area contributed by atoms with E-state index in [0.29, 0.717) is 11.3 Å². The van der Waals surface area contributed by atoms with Crippen molar-refractivity contribution in [2.75, 3.05) is 0 Å². The van der Waals surface area contributed by atoms with E-state index in [1.165, 1.54) is 12.1 Å². The third kappa shape index (κ3) is 2.67. The van der Waals surface area contributed by atoms with Crippen molar-refractivity contribution < 1.29 is 9.13 Å². The van der Waals surface area contributed by atoms with Gasteiger partial charge in [0.15, 0.2) is 0 Å². The number of benzene rings is 2. The quantitative estimate of drug-likeness (QED) is 0.822. The van der Waals surface area contributed by atoms with Gasteiger partial charge in [-0.25, -0.2) is 4.39 Å². The van der Waals surface area contributed by atoms with Gasteiger partial charge < -0.3 is 4.74 Å². The zero-order valence-corrected chi connectivity index (χ0v) is 9.98. The summed E-state index contributed by atoms with van der Waals surface area (Å²) in [5, 5.41) is 8.95. The van der Waals surface area contributed by atoms with Crippen molar-refractivity contribution >= 4 is 0 Å². The lowest BCUT2D eigenvalue weighted by Gasteiger charge is -2.10. The van der Waals surface area contributed by atoms with Crippen LogP contribution < -0.4 is 4.74 Å². The van der Waals surface area contributed by atoms with E-state index in [0.717, 1.165) is 11.1 Å². The molecule has 0 aliphatic rings. The first-order valence-corrected chi connectivity index (χ1v) is 5.57. The summed E-state index contributed by atoms with van der Waals surface area (Å²) in [4.78, 5) is 0. The van der Waals surface area contributed by atoms with E-state index in [9.17, 15) is 4.39 Å². The largest absolute Gasteiger partial charge is 0.488 e. The van der Waals surface area contributed by atoms with E-state index >= 15 is 0 Å². The van der Waals surface area contributed by atoms with Crippen LogP contribution in [0.25, 0.3) is 0 Å². The van der Waals surface area contributed by atoms with Crippen molar-refractivity contribution in [1.82, 2.24) is 0 Å². The molecule has 0 saturated heterocycles. The normalized spacial score (nSPS) is 9.83. The van der Waals surface area contributed by atoms with E-state index in [2.05, 4.69) is 6.07 Å². The van der Waals surface area contributed by atoms with Crippen LogP contribution in [0.3, 0.4) is 0 Å². The number of hydrogen-bond donors (Lipinski definition) is 0. The van der Waals surface area contributed by atoms with Gasteiger partial charge in [0.2, 0.25) is 0 Å². The molecule has 0 radical (unpaired) electrons. The maximum atomic E-state index is 13.1. The van der Waals surface area contributed by atoms with E-state index in [4.69, 9.17) is 10.00 Å². The van der Waals surface area contributed by atoms with Gasteiger partial charge in [0, 0.05) is 11.6 Å². The number of ether oxygens (including phenoxy) is 1. The molecule has 18 heavy (non-hydrogen) atoms. The number of halogens is 1. The van der Waals surface area contributed by atoms with Crippen LogP contribution in [0.2, 0.25) is 0 Å². The van der Waals surface area contributed by atoms with Crippen LogP contribution in [0.5, 0.6) is 5.75 Å². The molecule has 0 atom stereocenters. The van der Waals surface area contributed by atoms with Crippen LogP contribution in [-0.2, 0) is 6.61 Å². The molecule has 0 aromatic heterocycles. The van der Waals surface area contributed by atoms with Crippen LogP contribution in [0.4, 0.5) is 4.39 Å². The first-order valence-electron chi connectivity index (χ1n) is 5.57. The van der Waals surface area contributed by atoms with Crippen LogP contribution in [0.1, 0.15) is 16.7 Å². The van der Waals surface area contributed by atoms with E-state index in [1.807, 2.05) is 19.1 Å². The summed E-state index contributed by atoms with van der Waals surface area (Å²) >= 11 is 0. The Morgan fingerprint density at radius 2 is 2.00 bits per heavy atom. The van der Waals surface area contributed by atoms with Crippen LogP contribution in [0, 0.1) is 24.1 Å². The van der Waals surface area contributed by atoms with E-state index < -0.39 is 0 Å². The summed E-state index contributed by atoms with van der Waals surface area (Å²) in [6.07, 6.45) is 0. The lowest BCUT2D eigenvalue weighted by Crippen LogP contribution is -1.99. The second kappa shape index (κ2) is 5.33. The molecule has 2 rings (SSSR count). The molecule has 0 fully saturated rings. The minimum Gasteiger partial charge on any atom is -0.488 e. The van der Waals surface area contributed by atoms with Crippen LogP contribution in [0.15, 0.2) is 42.5 Å². The number of rotatable bonds is 3. The maximum absolute atomic E-state index is 13.1. The predicted octanol–water partition coefficient (Wildman–Crippen LogP) is 3.58. The van der Waals surface area contributed by atoms with Crippen molar-refractivity contribution in [2.45, 2.75) is 13.5 Å². The van der Waals surface area contributed by atoms with Crippen LogP contribution >= 0.6 is 0 Å². The highest BCUT2D eigenvalue weighted by Gasteiger charge is 2.04. The third-order valence-corrected chi connectivity index (χ3v) is 2.67. The smallest absolute Gasteiger partial charge is 0.126 e. The molecule has 0 aliphatic carbocycles. The molecule has 0 aliphatic heterocycles. The Kier molecular flexibility index (Phi) is 3.59. The van der Waals surface area contributed by atoms with Gasteiger partial charge >= 0.3 is 0 Å². The molecule has 0 saturated carbocycles.